The second-order valence-corrected chi connectivity index (χ2v) is 9.70. The van der Waals surface area contributed by atoms with Gasteiger partial charge in [0.1, 0.15) is 4.83 Å². The Balaban J connectivity index is 1.89. The van der Waals surface area contributed by atoms with E-state index in [1.165, 1.54) is 23.1 Å². The standard InChI is InChI=1S/C23H28N4O3S2/c1-4-5-12-27-22(30)20-15(2)16(3)32-21(20)25-23(27)31-14-19(29)26(13-11-18(24)28)17-9-7-6-8-10-17/h6-10H,4-5,11-14H2,1-3H3,(H2,24,28). The van der Waals surface area contributed by atoms with Crippen molar-refractivity contribution < 1.29 is 9.59 Å². The maximum atomic E-state index is 13.2. The molecule has 2 aromatic heterocycles. The predicted molar refractivity (Wildman–Crippen MR) is 132 cm³/mol. The lowest BCUT2D eigenvalue weighted by atomic mass is 10.2. The van der Waals surface area contributed by atoms with Crippen LogP contribution in [0, 0.1) is 13.8 Å². The number of hydrogen-bond donors (Lipinski definition) is 1. The molecule has 0 radical (unpaired) electrons. The number of thiophene rings is 1. The maximum Gasteiger partial charge on any atom is 0.263 e. The van der Waals surface area contributed by atoms with Crippen LogP contribution in [0.4, 0.5) is 5.69 Å². The van der Waals surface area contributed by atoms with Gasteiger partial charge >= 0.3 is 0 Å². The van der Waals surface area contributed by atoms with Crippen LogP contribution < -0.4 is 16.2 Å². The van der Waals surface area contributed by atoms with E-state index in [-0.39, 0.29) is 30.2 Å². The van der Waals surface area contributed by atoms with Gasteiger partial charge in [0.05, 0.1) is 11.1 Å². The third kappa shape index (κ3) is 5.39. The molecule has 0 spiro atoms. The zero-order valence-electron chi connectivity index (χ0n) is 18.6. The van der Waals surface area contributed by atoms with Crippen LogP contribution in [-0.4, -0.2) is 33.7 Å². The van der Waals surface area contributed by atoms with Crippen molar-refractivity contribution in [2.75, 3.05) is 17.2 Å². The highest BCUT2D eigenvalue weighted by molar-refractivity contribution is 7.99. The Labute approximate surface area is 195 Å². The van der Waals surface area contributed by atoms with Crippen molar-refractivity contribution in [3.8, 4) is 0 Å². The maximum absolute atomic E-state index is 13.2. The summed E-state index contributed by atoms with van der Waals surface area (Å²) in [4.78, 5) is 45.7. The third-order valence-electron chi connectivity index (χ3n) is 5.26. The van der Waals surface area contributed by atoms with Crippen molar-refractivity contribution in [1.82, 2.24) is 9.55 Å². The van der Waals surface area contributed by atoms with Gasteiger partial charge in [0.25, 0.3) is 5.56 Å². The largest absolute Gasteiger partial charge is 0.370 e. The summed E-state index contributed by atoms with van der Waals surface area (Å²) < 4.78 is 1.69. The van der Waals surface area contributed by atoms with E-state index in [9.17, 15) is 14.4 Å². The number of aryl methyl sites for hydroxylation is 2. The zero-order chi connectivity index (χ0) is 23.3. The highest BCUT2D eigenvalue weighted by Gasteiger charge is 2.20. The van der Waals surface area contributed by atoms with Crippen LogP contribution >= 0.6 is 23.1 Å². The molecule has 170 valence electrons. The molecule has 0 unspecified atom stereocenters. The summed E-state index contributed by atoms with van der Waals surface area (Å²) in [5, 5.41) is 1.22. The number of para-hydroxylation sites is 1. The number of anilines is 1. The Morgan fingerprint density at radius 1 is 1.22 bits per heavy atom. The summed E-state index contributed by atoms with van der Waals surface area (Å²) in [6, 6.07) is 9.19. The van der Waals surface area contributed by atoms with E-state index in [4.69, 9.17) is 10.7 Å². The molecule has 0 aliphatic carbocycles. The molecule has 0 bridgehead atoms. The van der Waals surface area contributed by atoms with Crippen molar-refractivity contribution in [2.24, 2.45) is 5.73 Å². The first kappa shape index (κ1) is 24.0. The Kier molecular flexibility index (Phi) is 8.09. The van der Waals surface area contributed by atoms with Crippen LogP contribution in [0.3, 0.4) is 0 Å². The molecule has 32 heavy (non-hydrogen) atoms. The first-order chi connectivity index (χ1) is 15.3. The number of nitrogens with two attached hydrogens (primary N) is 1. The van der Waals surface area contributed by atoms with Crippen LogP contribution in [0.1, 0.15) is 36.6 Å². The number of benzene rings is 1. The van der Waals surface area contributed by atoms with Crippen molar-refractivity contribution >= 4 is 50.8 Å². The lowest BCUT2D eigenvalue weighted by Crippen LogP contribution is -2.35. The highest BCUT2D eigenvalue weighted by atomic mass is 32.2. The van der Waals surface area contributed by atoms with Gasteiger partial charge in [0.2, 0.25) is 11.8 Å². The van der Waals surface area contributed by atoms with E-state index < -0.39 is 5.91 Å². The third-order valence-corrected chi connectivity index (χ3v) is 7.33. The number of nitrogens with zero attached hydrogens (tertiary/aromatic N) is 3. The molecule has 3 aromatic rings. The summed E-state index contributed by atoms with van der Waals surface area (Å²) in [5.74, 6) is -0.533. The van der Waals surface area contributed by atoms with Gasteiger partial charge in [-0.25, -0.2) is 4.98 Å². The fourth-order valence-corrected chi connectivity index (χ4v) is 5.34. The Morgan fingerprint density at radius 3 is 2.59 bits per heavy atom. The van der Waals surface area contributed by atoms with Gasteiger partial charge in [-0.3, -0.25) is 19.0 Å². The SMILES string of the molecule is CCCCn1c(SCC(=O)N(CCC(N)=O)c2ccccc2)nc2sc(C)c(C)c2c1=O. The van der Waals surface area contributed by atoms with Crippen molar-refractivity contribution in [3.05, 3.63) is 51.1 Å². The second kappa shape index (κ2) is 10.8. The average Bonchev–Trinajstić information content (AvgIpc) is 3.06. The smallest absolute Gasteiger partial charge is 0.263 e. The molecule has 1 aromatic carbocycles. The first-order valence-electron chi connectivity index (χ1n) is 10.6. The quantitative estimate of drug-likeness (QED) is 0.357. The Hall–Kier alpha value is -2.65. The summed E-state index contributed by atoms with van der Waals surface area (Å²) in [5.41, 5.74) is 6.94. The van der Waals surface area contributed by atoms with Crippen LogP contribution in [0.15, 0.2) is 40.3 Å². The fourth-order valence-electron chi connectivity index (χ4n) is 3.36. The number of hydrogen-bond acceptors (Lipinski definition) is 6. The molecule has 3 rings (SSSR count). The molecule has 0 saturated carbocycles. The molecular weight excluding hydrogens is 444 g/mol. The molecule has 7 nitrogen and oxygen atoms in total. The van der Waals surface area contributed by atoms with E-state index in [1.54, 1.807) is 9.47 Å². The predicted octanol–water partition coefficient (Wildman–Crippen LogP) is 3.88. The normalized spacial score (nSPS) is 11.1. The van der Waals surface area contributed by atoms with Crippen LogP contribution in [0.25, 0.3) is 10.2 Å². The van der Waals surface area contributed by atoms with Gasteiger partial charge in [-0.05, 0) is 38.0 Å². The number of carbonyl (C=O) groups is 2. The van der Waals surface area contributed by atoms with Crippen LogP contribution in [-0.2, 0) is 16.1 Å². The molecule has 2 heterocycles. The van der Waals surface area contributed by atoms with Crippen LogP contribution in [0.5, 0.6) is 0 Å². The molecule has 0 aliphatic heterocycles. The lowest BCUT2D eigenvalue weighted by molar-refractivity contribution is -0.118. The summed E-state index contributed by atoms with van der Waals surface area (Å²) in [7, 11) is 0. The van der Waals surface area contributed by atoms with Gasteiger partial charge in [-0.1, -0.05) is 43.3 Å². The van der Waals surface area contributed by atoms with Gasteiger partial charge < -0.3 is 10.6 Å². The number of rotatable bonds is 10. The second-order valence-electron chi connectivity index (χ2n) is 7.55. The lowest BCUT2D eigenvalue weighted by Gasteiger charge is -2.22. The average molecular weight is 473 g/mol. The van der Waals surface area contributed by atoms with E-state index in [0.717, 1.165) is 23.3 Å². The molecule has 9 heteroatoms. The van der Waals surface area contributed by atoms with Crippen molar-refractivity contribution in [1.29, 1.82) is 0 Å². The number of fused-ring (bicyclic) bond motifs is 1. The van der Waals surface area contributed by atoms with Crippen molar-refractivity contribution in [2.45, 2.75) is 51.7 Å². The highest BCUT2D eigenvalue weighted by Crippen LogP contribution is 2.29. The van der Waals surface area contributed by atoms with E-state index in [0.29, 0.717) is 27.6 Å². The minimum Gasteiger partial charge on any atom is -0.370 e. The number of amides is 2. The van der Waals surface area contributed by atoms with Crippen LogP contribution in [0.2, 0.25) is 0 Å². The van der Waals surface area contributed by atoms with Crippen molar-refractivity contribution in [3.63, 3.8) is 0 Å². The van der Waals surface area contributed by atoms with Gasteiger partial charge in [0.15, 0.2) is 5.16 Å². The number of thioether (sulfide) groups is 1. The van der Waals surface area contributed by atoms with E-state index in [1.807, 2.05) is 44.2 Å². The number of primary amides is 1. The monoisotopic (exact) mass is 472 g/mol. The number of unbranched alkanes of at least 4 members (excludes halogenated alkanes) is 1. The molecule has 0 fully saturated rings. The summed E-state index contributed by atoms with van der Waals surface area (Å²) >= 11 is 2.76. The topological polar surface area (TPSA) is 98.3 Å². The van der Waals surface area contributed by atoms with Gasteiger partial charge in [-0.15, -0.1) is 11.3 Å². The minimum absolute atomic E-state index is 0.0473. The summed E-state index contributed by atoms with van der Waals surface area (Å²) in [6.45, 7) is 6.78. The first-order valence-corrected chi connectivity index (χ1v) is 12.4. The molecule has 2 amide bonds. The van der Waals surface area contributed by atoms with Gasteiger partial charge in [-0.2, -0.15) is 0 Å². The molecular formula is C23H28N4O3S2. The Bertz CT molecular complexity index is 1170. The molecule has 0 saturated heterocycles. The molecule has 2 N–H and O–H groups in total. The molecule has 0 aliphatic rings. The Morgan fingerprint density at radius 2 is 1.94 bits per heavy atom. The van der Waals surface area contributed by atoms with E-state index >= 15 is 0 Å². The van der Waals surface area contributed by atoms with Gasteiger partial charge in [0, 0.05) is 30.1 Å². The number of aromatic nitrogens is 2. The van der Waals surface area contributed by atoms with E-state index in [2.05, 4.69) is 6.92 Å². The number of carbonyl (C=O) groups excluding carboxylic acids is 2. The zero-order valence-corrected chi connectivity index (χ0v) is 20.2. The molecule has 0 atom stereocenters. The minimum atomic E-state index is -0.463. The summed E-state index contributed by atoms with van der Waals surface area (Å²) in [6.07, 6.45) is 1.88. The fraction of sp³-hybridized carbons (Fsp3) is 0.391.